The van der Waals surface area contributed by atoms with Crippen molar-refractivity contribution in [2.75, 3.05) is 18.1 Å². The van der Waals surface area contributed by atoms with Crippen molar-refractivity contribution in [3.8, 4) is 0 Å². The lowest BCUT2D eigenvalue weighted by atomic mass is 10.5. The second-order valence-corrected chi connectivity index (χ2v) is 4.11. The van der Waals surface area contributed by atoms with Gasteiger partial charge in [0.25, 0.3) is 0 Å². The number of urea groups is 1. The molecule has 3 N–H and O–H groups in total. The molecular formula is C9H16N2O4S. The molecule has 16 heavy (non-hydrogen) atoms. The first-order valence-corrected chi connectivity index (χ1v) is 6.09. The summed E-state index contributed by atoms with van der Waals surface area (Å²) in [5.41, 5.74) is 0. The molecule has 0 aromatic carbocycles. The Morgan fingerprint density at radius 3 is 2.56 bits per heavy atom. The molecule has 0 fully saturated rings. The number of thioether (sulfide) groups is 1. The number of amides is 3. The van der Waals surface area contributed by atoms with Crippen LogP contribution in [-0.2, 0) is 9.59 Å². The van der Waals surface area contributed by atoms with E-state index in [1.807, 2.05) is 6.92 Å². The summed E-state index contributed by atoms with van der Waals surface area (Å²) < 4.78 is 0. The van der Waals surface area contributed by atoms with Gasteiger partial charge in [-0.05, 0) is 6.42 Å². The summed E-state index contributed by atoms with van der Waals surface area (Å²) in [7, 11) is 0. The molecule has 0 heterocycles. The number of nitrogens with one attached hydrogen (secondary N) is 2. The molecule has 0 rings (SSSR count). The SMILES string of the molecule is CCCNC(=O)NC(=O)CSCCC(=O)O. The van der Waals surface area contributed by atoms with Crippen LogP contribution in [0.3, 0.4) is 0 Å². The number of carboxylic acid groups (broad SMARTS) is 1. The Morgan fingerprint density at radius 1 is 1.31 bits per heavy atom. The number of carbonyl (C=O) groups excluding carboxylic acids is 2. The number of hydrogen-bond donors (Lipinski definition) is 3. The van der Waals surface area contributed by atoms with Crippen LogP contribution in [-0.4, -0.2) is 41.1 Å². The van der Waals surface area contributed by atoms with Crippen LogP contribution in [0.4, 0.5) is 4.79 Å². The van der Waals surface area contributed by atoms with Crippen molar-refractivity contribution in [1.29, 1.82) is 0 Å². The van der Waals surface area contributed by atoms with Gasteiger partial charge in [0.1, 0.15) is 0 Å². The zero-order valence-corrected chi connectivity index (χ0v) is 9.93. The van der Waals surface area contributed by atoms with Crippen LogP contribution in [0.25, 0.3) is 0 Å². The van der Waals surface area contributed by atoms with E-state index in [2.05, 4.69) is 10.6 Å². The van der Waals surface area contributed by atoms with Gasteiger partial charge in [-0.3, -0.25) is 14.9 Å². The Bertz CT molecular complexity index is 258. The molecule has 0 aromatic heterocycles. The van der Waals surface area contributed by atoms with Crippen molar-refractivity contribution in [3.63, 3.8) is 0 Å². The average molecular weight is 248 g/mol. The van der Waals surface area contributed by atoms with E-state index >= 15 is 0 Å². The third kappa shape index (κ3) is 9.32. The molecule has 0 unspecified atom stereocenters. The lowest BCUT2D eigenvalue weighted by Gasteiger charge is -2.04. The van der Waals surface area contributed by atoms with Crippen LogP contribution >= 0.6 is 11.8 Å². The molecular weight excluding hydrogens is 232 g/mol. The minimum atomic E-state index is -0.895. The molecule has 0 aliphatic carbocycles. The molecule has 0 spiro atoms. The van der Waals surface area contributed by atoms with E-state index in [1.165, 1.54) is 11.8 Å². The molecule has 0 atom stereocenters. The van der Waals surface area contributed by atoms with E-state index < -0.39 is 17.9 Å². The lowest BCUT2D eigenvalue weighted by molar-refractivity contribution is -0.136. The number of hydrogen-bond acceptors (Lipinski definition) is 4. The number of rotatable bonds is 7. The third-order valence-corrected chi connectivity index (χ3v) is 2.44. The van der Waals surface area contributed by atoms with Gasteiger partial charge in [0.15, 0.2) is 0 Å². The zero-order chi connectivity index (χ0) is 12.4. The Morgan fingerprint density at radius 2 is 2.00 bits per heavy atom. The van der Waals surface area contributed by atoms with Crippen molar-refractivity contribution in [1.82, 2.24) is 10.6 Å². The van der Waals surface area contributed by atoms with Gasteiger partial charge in [-0.2, -0.15) is 11.8 Å². The van der Waals surface area contributed by atoms with Crippen molar-refractivity contribution in [2.45, 2.75) is 19.8 Å². The second kappa shape index (κ2) is 9.02. The standard InChI is InChI=1S/C9H16N2O4S/c1-2-4-10-9(15)11-7(12)6-16-5-3-8(13)14/h2-6H2,1H3,(H,13,14)(H2,10,11,12,15). The fraction of sp³-hybridized carbons (Fsp3) is 0.667. The Hall–Kier alpha value is -1.24. The van der Waals surface area contributed by atoms with E-state index in [4.69, 9.17) is 5.11 Å². The van der Waals surface area contributed by atoms with Gasteiger partial charge < -0.3 is 10.4 Å². The topological polar surface area (TPSA) is 95.5 Å². The molecule has 3 amide bonds. The molecule has 0 saturated heterocycles. The Balaban J connectivity index is 3.50. The van der Waals surface area contributed by atoms with E-state index in [0.717, 1.165) is 6.42 Å². The van der Waals surface area contributed by atoms with Gasteiger partial charge in [0.05, 0.1) is 12.2 Å². The van der Waals surface area contributed by atoms with Crippen LogP contribution in [0, 0.1) is 0 Å². The van der Waals surface area contributed by atoms with Crippen LogP contribution < -0.4 is 10.6 Å². The number of carbonyl (C=O) groups is 3. The summed E-state index contributed by atoms with van der Waals surface area (Å²) in [6.45, 7) is 2.43. The fourth-order valence-corrected chi connectivity index (χ4v) is 1.49. The number of imide groups is 1. The summed E-state index contributed by atoms with van der Waals surface area (Å²) in [6, 6.07) is -0.509. The first-order chi connectivity index (χ1) is 7.56. The quantitative estimate of drug-likeness (QED) is 0.568. The van der Waals surface area contributed by atoms with Crippen LogP contribution in [0.2, 0.25) is 0 Å². The van der Waals surface area contributed by atoms with E-state index in [9.17, 15) is 14.4 Å². The summed E-state index contributed by atoms with van der Waals surface area (Å²) in [4.78, 5) is 32.3. The number of carboxylic acids is 1. The summed E-state index contributed by atoms with van der Waals surface area (Å²) in [5, 5.41) is 13.0. The first-order valence-electron chi connectivity index (χ1n) is 4.93. The maximum Gasteiger partial charge on any atom is 0.321 e. The maximum absolute atomic E-state index is 11.1. The largest absolute Gasteiger partial charge is 0.481 e. The predicted octanol–water partition coefficient (Wildman–Crippen LogP) is 0.430. The highest BCUT2D eigenvalue weighted by Crippen LogP contribution is 2.01. The van der Waals surface area contributed by atoms with E-state index in [-0.39, 0.29) is 12.2 Å². The molecule has 0 aliphatic rings. The predicted molar refractivity (Wildman–Crippen MR) is 61.4 cm³/mol. The molecule has 6 nitrogen and oxygen atoms in total. The van der Waals surface area contributed by atoms with Crippen molar-refractivity contribution < 1.29 is 19.5 Å². The lowest BCUT2D eigenvalue weighted by Crippen LogP contribution is -2.40. The summed E-state index contributed by atoms with van der Waals surface area (Å²) >= 11 is 1.18. The molecule has 0 radical (unpaired) electrons. The van der Waals surface area contributed by atoms with Gasteiger partial charge in [-0.15, -0.1) is 0 Å². The minimum absolute atomic E-state index is 0.0139. The molecule has 0 bridgehead atoms. The molecule has 7 heteroatoms. The van der Waals surface area contributed by atoms with Gasteiger partial charge in [0.2, 0.25) is 5.91 Å². The molecule has 0 saturated carbocycles. The molecule has 0 aliphatic heterocycles. The highest BCUT2D eigenvalue weighted by Gasteiger charge is 2.06. The van der Waals surface area contributed by atoms with Crippen molar-refractivity contribution >= 4 is 29.7 Å². The second-order valence-electron chi connectivity index (χ2n) is 3.00. The van der Waals surface area contributed by atoms with E-state index in [0.29, 0.717) is 12.3 Å². The molecule has 92 valence electrons. The average Bonchev–Trinajstić information content (AvgIpc) is 2.21. The fourth-order valence-electron chi connectivity index (χ4n) is 0.770. The minimum Gasteiger partial charge on any atom is -0.481 e. The summed E-state index contributed by atoms with van der Waals surface area (Å²) in [5.74, 6) is -0.857. The van der Waals surface area contributed by atoms with Crippen molar-refractivity contribution in [3.05, 3.63) is 0 Å². The smallest absolute Gasteiger partial charge is 0.321 e. The van der Waals surface area contributed by atoms with E-state index in [1.54, 1.807) is 0 Å². The summed E-state index contributed by atoms with van der Waals surface area (Å²) in [6.07, 6.45) is 0.814. The first kappa shape index (κ1) is 14.8. The Kier molecular flexibility index (Phi) is 8.32. The normalized spacial score (nSPS) is 9.56. The highest BCUT2D eigenvalue weighted by atomic mass is 32.2. The third-order valence-electron chi connectivity index (χ3n) is 1.48. The zero-order valence-electron chi connectivity index (χ0n) is 9.12. The van der Waals surface area contributed by atoms with Crippen LogP contribution in [0.15, 0.2) is 0 Å². The van der Waals surface area contributed by atoms with Gasteiger partial charge in [-0.1, -0.05) is 6.92 Å². The van der Waals surface area contributed by atoms with Crippen molar-refractivity contribution in [2.24, 2.45) is 0 Å². The van der Waals surface area contributed by atoms with Gasteiger partial charge >= 0.3 is 12.0 Å². The van der Waals surface area contributed by atoms with Crippen LogP contribution in [0.5, 0.6) is 0 Å². The molecule has 0 aromatic rings. The highest BCUT2D eigenvalue weighted by molar-refractivity contribution is 7.99. The Labute approximate surface area is 98.2 Å². The van der Waals surface area contributed by atoms with Gasteiger partial charge in [0, 0.05) is 12.3 Å². The monoisotopic (exact) mass is 248 g/mol. The van der Waals surface area contributed by atoms with Crippen LogP contribution in [0.1, 0.15) is 19.8 Å². The maximum atomic E-state index is 11.1. The van der Waals surface area contributed by atoms with Gasteiger partial charge in [-0.25, -0.2) is 4.79 Å². The number of aliphatic carboxylic acids is 1.